The van der Waals surface area contributed by atoms with Crippen LogP contribution in [0.15, 0.2) is 64.5 Å². The zero-order valence-corrected chi connectivity index (χ0v) is 14.2. The number of para-hydroxylation sites is 1. The van der Waals surface area contributed by atoms with Crippen LogP contribution in [0.2, 0.25) is 0 Å². The van der Waals surface area contributed by atoms with Gasteiger partial charge in [-0.2, -0.15) is 0 Å². The molecule has 0 aliphatic carbocycles. The number of rotatable bonds is 5. The van der Waals surface area contributed by atoms with Crippen LogP contribution < -0.4 is 5.56 Å². The predicted octanol–water partition coefficient (Wildman–Crippen LogP) is 4.34. The molecule has 118 valence electrons. The molecule has 0 unspecified atom stereocenters. The van der Waals surface area contributed by atoms with E-state index in [4.69, 9.17) is 4.98 Å². The SMILES string of the molecule is CC(C)Cn1c(SCc2ccccc2)nc2ccccc2c1=O. The number of aromatic nitrogens is 2. The Balaban J connectivity index is 2.01. The Kier molecular flexibility index (Phi) is 4.82. The van der Waals surface area contributed by atoms with Gasteiger partial charge in [-0.05, 0) is 23.6 Å². The van der Waals surface area contributed by atoms with E-state index in [-0.39, 0.29) is 5.56 Å². The monoisotopic (exact) mass is 324 g/mol. The molecule has 0 N–H and O–H groups in total. The molecule has 0 atom stereocenters. The zero-order valence-electron chi connectivity index (χ0n) is 13.4. The number of thioether (sulfide) groups is 1. The van der Waals surface area contributed by atoms with Crippen molar-refractivity contribution in [3.05, 3.63) is 70.5 Å². The van der Waals surface area contributed by atoms with E-state index in [0.717, 1.165) is 16.4 Å². The molecule has 0 saturated carbocycles. The lowest BCUT2D eigenvalue weighted by molar-refractivity contribution is 0.475. The summed E-state index contributed by atoms with van der Waals surface area (Å²) in [4.78, 5) is 17.5. The summed E-state index contributed by atoms with van der Waals surface area (Å²) in [5, 5.41) is 1.49. The van der Waals surface area contributed by atoms with Crippen LogP contribution in [-0.2, 0) is 12.3 Å². The third-order valence-electron chi connectivity index (χ3n) is 3.59. The number of hydrogen-bond acceptors (Lipinski definition) is 3. The third-order valence-corrected chi connectivity index (χ3v) is 4.63. The second-order valence-electron chi connectivity index (χ2n) is 6.00. The first kappa shape index (κ1) is 15.8. The third kappa shape index (κ3) is 3.64. The lowest BCUT2D eigenvalue weighted by Gasteiger charge is -2.14. The van der Waals surface area contributed by atoms with Crippen molar-refractivity contribution in [1.29, 1.82) is 0 Å². The van der Waals surface area contributed by atoms with Gasteiger partial charge in [0.15, 0.2) is 5.16 Å². The van der Waals surface area contributed by atoms with Gasteiger partial charge in [0.05, 0.1) is 10.9 Å². The van der Waals surface area contributed by atoms with E-state index in [1.54, 1.807) is 11.8 Å². The standard InChI is InChI=1S/C19H20N2OS/c1-14(2)12-21-18(22)16-10-6-7-11-17(16)20-19(21)23-13-15-8-4-3-5-9-15/h3-11,14H,12-13H2,1-2H3. The minimum absolute atomic E-state index is 0.0554. The highest BCUT2D eigenvalue weighted by molar-refractivity contribution is 7.98. The van der Waals surface area contributed by atoms with Crippen molar-refractivity contribution in [2.75, 3.05) is 0 Å². The molecule has 0 saturated heterocycles. The van der Waals surface area contributed by atoms with Gasteiger partial charge in [0.2, 0.25) is 0 Å². The van der Waals surface area contributed by atoms with Crippen LogP contribution in [0.3, 0.4) is 0 Å². The van der Waals surface area contributed by atoms with Gasteiger partial charge in [-0.25, -0.2) is 4.98 Å². The fourth-order valence-corrected chi connectivity index (χ4v) is 3.47. The minimum Gasteiger partial charge on any atom is -0.287 e. The van der Waals surface area contributed by atoms with Gasteiger partial charge in [0.1, 0.15) is 0 Å². The molecule has 1 heterocycles. The normalized spacial score (nSPS) is 11.3. The fraction of sp³-hybridized carbons (Fsp3) is 0.263. The fourth-order valence-electron chi connectivity index (χ4n) is 2.51. The molecule has 0 amide bonds. The molecule has 0 spiro atoms. The summed E-state index contributed by atoms with van der Waals surface area (Å²) in [5.74, 6) is 1.20. The molecular weight excluding hydrogens is 304 g/mol. The molecule has 3 aromatic rings. The topological polar surface area (TPSA) is 34.9 Å². The maximum Gasteiger partial charge on any atom is 0.262 e. The van der Waals surface area contributed by atoms with Crippen molar-refractivity contribution in [1.82, 2.24) is 9.55 Å². The van der Waals surface area contributed by atoms with Crippen LogP contribution in [0.4, 0.5) is 0 Å². The van der Waals surface area contributed by atoms with E-state index in [1.807, 2.05) is 47.0 Å². The lowest BCUT2D eigenvalue weighted by atomic mass is 10.2. The number of hydrogen-bond donors (Lipinski definition) is 0. The molecule has 0 aliphatic rings. The van der Waals surface area contributed by atoms with E-state index < -0.39 is 0 Å². The largest absolute Gasteiger partial charge is 0.287 e. The van der Waals surface area contributed by atoms with Crippen molar-refractivity contribution in [3.63, 3.8) is 0 Å². The summed E-state index contributed by atoms with van der Waals surface area (Å²) in [6, 6.07) is 17.8. The highest BCUT2D eigenvalue weighted by Gasteiger charge is 2.12. The van der Waals surface area contributed by atoms with Crippen LogP contribution in [0.1, 0.15) is 19.4 Å². The maximum atomic E-state index is 12.8. The Morgan fingerprint density at radius 2 is 1.74 bits per heavy atom. The Hall–Kier alpha value is -2.07. The second-order valence-corrected chi connectivity index (χ2v) is 6.94. The summed E-state index contributed by atoms with van der Waals surface area (Å²) in [5.41, 5.74) is 2.06. The highest BCUT2D eigenvalue weighted by atomic mass is 32.2. The van der Waals surface area contributed by atoms with Crippen molar-refractivity contribution >= 4 is 22.7 Å². The quantitative estimate of drug-likeness (QED) is 0.517. The van der Waals surface area contributed by atoms with Gasteiger partial charge < -0.3 is 0 Å². The van der Waals surface area contributed by atoms with Crippen LogP contribution in [0, 0.1) is 5.92 Å². The Morgan fingerprint density at radius 1 is 1.04 bits per heavy atom. The van der Waals surface area contributed by atoms with Gasteiger partial charge >= 0.3 is 0 Å². The lowest BCUT2D eigenvalue weighted by Crippen LogP contribution is -2.25. The first-order valence-electron chi connectivity index (χ1n) is 7.81. The summed E-state index contributed by atoms with van der Waals surface area (Å²) < 4.78 is 1.82. The number of fused-ring (bicyclic) bond motifs is 1. The smallest absolute Gasteiger partial charge is 0.262 e. The van der Waals surface area contributed by atoms with Crippen molar-refractivity contribution in [2.24, 2.45) is 5.92 Å². The Bertz CT molecular complexity index is 856. The van der Waals surface area contributed by atoms with E-state index in [2.05, 4.69) is 26.0 Å². The van der Waals surface area contributed by atoms with Crippen LogP contribution in [0.5, 0.6) is 0 Å². The molecule has 0 bridgehead atoms. The van der Waals surface area contributed by atoms with Crippen LogP contribution in [-0.4, -0.2) is 9.55 Å². The van der Waals surface area contributed by atoms with Gasteiger partial charge in [-0.3, -0.25) is 9.36 Å². The molecule has 1 aromatic heterocycles. The van der Waals surface area contributed by atoms with Crippen molar-refractivity contribution in [3.8, 4) is 0 Å². The van der Waals surface area contributed by atoms with E-state index in [9.17, 15) is 4.79 Å². The molecule has 2 aromatic carbocycles. The molecule has 0 fully saturated rings. The van der Waals surface area contributed by atoms with Crippen LogP contribution in [0.25, 0.3) is 10.9 Å². The Labute approximate surface area is 140 Å². The van der Waals surface area contributed by atoms with Gasteiger partial charge in [-0.15, -0.1) is 0 Å². The van der Waals surface area contributed by atoms with Crippen molar-refractivity contribution < 1.29 is 0 Å². The van der Waals surface area contributed by atoms with Gasteiger partial charge in [-0.1, -0.05) is 68.1 Å². The maximum absolute atomic E-state index is 12.8. The zero-order chi connectivity index (χ0) is 16.2. The van der Waals surface area contributed by atoms with E-state index in [1.165, 1.54) is 5.56 Å². The minimum atomic E-state index is 0.0554. The summed E-state index contributed by atoms with van der Waals surface area (Å²) in [6.45, 7) is 4.92. The molecule has 3 rings (SSSR count). The molecule has 23 heavy (non-hydrogen) atoms. The first-order chi connectivity index (χ1) is 11.1. The number of nitrogens with zero attached hydrogens (tertiary/aromatic N) is 2. The average Bonchev–Trinajstić information content (AvgIpc) is 2.56. The van der Waals surface area contributed by atoms with E-state index >= 15 is 0 Å². The Morgan fingerprint density at radius 3 is 2.48 bits per heavy atom. The predicted molar refractivity (Wildman–Crippen MR) is 96.8 cm³/mol. The highest BCUT2D eigenvalue weighted by Crippen LogP contribution is 2.22. The molecular formula is C19H20N2OS. The van der Waals surface area contributed by atoms with E-state index in [0.29, 0.717) is 17.8 Å². The average molecular weight is 324 g/mol. The second kappa shape index (κ2) is 7.01. The van der Waals surface area contributed by atoms with Crippen molar-refractivity contribution in [2.45, 2.75) is 31.3 Å². The summed E-state index contributed by atoms with van der Waals surface area (Å²) >= 11 is 1.62. The first-order valence-corrected chi connectivity index (χ1v) is 8.80. The van der Waals surface area contributed by atoms with Gasteiger partial charge in [0.25, 0.3) is 5.56 Å². The molecule has 0 aliphatic heterocycles. The summed E-state index contributed by atoms with van der Waals surface area (Å²) in [6.07, 6.45) is 0. The summed E-state index contributed by atoms with van der Waals surface area (Å²) in [7, 11) is 0. The molecule has 0 radical (unpaired) electrons. The van der Waals surface area contributed by atoms with Gasteiger partial charge in [0, 0.05) is 12.3 Å². The molecule has 3 nitrogen and oxygen atoms in total. The molecule has 4 heteroatoms. The van der Waals surface area contributed by atoms with Crippen LogP contribution >= 0.6 is 11.8 Å². The number of benzene rings is 2.